The number of guanidine groups is 1. The first-order chi connectivity index (χ1) is 10.2. The molecule has 2 aliphatic rings. The van der Waals surface area contributed by atoms with Gasteiger partial charge in [-0.15, -0.1) is 0 Å². The highest BCUT2D eigenvalue weighted by Gasteiger charge is 2.25. The van der Waals surface area contributed by atoms with Crippen LogP contribution in [0.2, 0.25) is 0 Å². The fourth-order valence-corrected chi connectivity index (χ4v) is 2.97. The molecule has 2 N–H and O–H groups in total. The summed E-state index contributed by atoms with van der Waals surface area (Å²) in [5, 5.41) is 6.61. The maximum Gasteiger partial charge on any atom is 0.229 e. The molecule has 0 spiro atoms. The van der Waals surface area contributed by atoms with Crippen molar-refractivity contribution in [2.75, 3.05) is 20.1 Å². The first kappa shape index (κ1) is 15.8. The largest absolute Gasteiger partial charge is 0.355 e. The summed E-state index contributed by atoms with van der Waals surface area (Å²) in [5.41, 5.74) is 0. The number of hydrogen-bond donors (Lipinski definition) is 2. The number of amides is 2. The number of rotatable bonds is 4. The van der Waals surface area contributed by atoms with Crippen molar-refractivity contribution >= 4 is 17.8 Å². The molecule has 1 aliphatic carbocycles. The monoisotopic (exact) mass is 294 g/mol. The second-order valence-corrected chi connectivity index (χ2v) is 5.77. The van der Waals surface area contributed by atoms with Crippen molar-refractivity contribution in [3.05, 3.63) is 0 Å². The normalized spacial score (nSPS) is 21.6. The molecule has 0 bridgehead atoms. The molecular weight excluding hydrogens is 268 g/mol. The van der Waals surface area contributed by atoms with Gasteiger partial charge in [0.15, 0.2) is 5.96 Å². The summed E-state index contributed by atoms with van der Waals surface area (Å²) >= 11 is 0. The molecule has 6 heteroatoms. The second-order valence-electron chi connectivity index (χ2n) is 5.77. The minimum absolute atomic E-state index is 0.0525. The number of piperidine rings is 1. The van der Waals surface area contributed by atoms with Gasteiger partial charge in [0, 0.05) is 39.0 Å². The quantitative estimate of drug-likeness (QED) is 0.461. The lowest BCUT2D eigenvalue weighted by molar-refractivity contribution is -0.147. The Morgan fingerprint density at radius 3 is 2.43 bits per heavy atom. The van der Waals surface area contributed by atoms with Crippen molar-refractivity contribution in [3.63, 3.8) is 0 Å². The van der Waals surface area contributed by atoms with E-state index in [0.29, 0.717) is 38.4 Å². The number of carbonyl (C=O) groups excluding carboxylic acids is 2. The van der Waals surface area contributed by atoms with Crippen LogP contribution in [0.15, 0.2) is 4.99 Å². The summed E-state index contributed by atoms with van der Waals surface area (Å²) in [6, 6.07) is 0.489. The van der Waals surface area contributed by atoms with Crippen LogP contribution in [0, 0.1) is 0 Å². The number of aliphatic imine (C=N–C) groups is 1. The maximum absolute atomic E-state index is 11.7. The molecule has 0 atom stereocenters. The van der Waals surface area contributed by atoms with Crippen LogP contribution in [0.3, 0.4) is 0 Å². The summed E-state index contributed by atoms with van der Waals surface area (Å²) in [5.74, 6) is 0.658. The zero-order chi connectivity index (χ0) is 15.1. The van der Waals surface area contributed by atoms with Gasteiger partial charge in [0.1, 0.15) is 0 Å². The van der Waals surface area contributed by atoms with Crippen LogP contribution in [0.25, 0.3) is 0 Å². The van der Waals surface area contributed by atoms with Crippen molar-refractivity contribution < 1.29 is 9.59 Å². The number of carbonyl (C=O) groups is 2. The lowest BCUT2D eigenvalue weighted by Gasteiger charge is -2.27. The molecule has 2 fully saturated rings. The van der Waals surface area contributed by atoms with Crippen molar-refractivity contribution in [2.24, 2.45) is 4.99 Å². The molecule has 118 valence electrons. The molecule has 0 radical (unpaired) electrons. The first-order valence-electron chi connectivity index (χ1n) is 8.01. The Balaban J connectivity index is 1.72. The van der Waals surface area contributed by atoms with E-state index in [-0.39, 0.29) is 11.8 Å². The lowest BCUT2D eigenvalue weighted by Crippen LogP contribution is -2.48. The Bertz CT molecular complexity index is 386. The van der Waals surface area contributed by atoms with Crippen LogP contribution < -0.4 is 10.6 Å². The Morgan fingerprint density at radius 2 is 1.81 bits per heavy atom. The van der Waals surface area contributed by atoms with Crippen molar-refractivity contribution in [3.8, 4) is 0 Å². The Hall–Kier alpha value is -1.59. The molecule has 0 aromatic rings. The molecule has 2 amide bonds. The van der Waals surface area contributed by atoms with Gasteiger partial charge in [-0.25, -0.2) is 0 Å². The number of imide groups is 1. The Labute approximate surface area is 126 Å². The fraction of sp³-hybridized carbons (Fsp3) is 0.800. The van der Waals surface area contributed by atoms with Gasteiger partial charge in [-0.1, -0.05) is 19.3 Å². The molecule has 0 aromatic heterocycles. The molecular formula is C15H26N4O2. The summed E-state index contributed by atoms with van der Waals surface area (Å²) in [6.45, 7) is 0.965. The number of likely N-dealkylation sites (tertiary alicyclic amines) is 1. The van der Waals surface area contributed by atoms with Gasteiger partial charge >= 0.3 is 0 Å². The molecule has 2 rings (SSSR count). The third kappa shape index (κ3) is 4.72. The smallest absolute Gasteiger partial charge is 0.229 e. The van der Waals surface area contributed by atoms with Gasteiger partial charge in [-0.05, 0) is 19.3 Å². The number of nitrogens with zero attached hydrogens (tertiary/aromatic N) is 2. The Morgan fingerprint density at radius 1 is 1.14 bits per heavy atom. The summed E-state index contributed by atoms with van der Waals surface area (Å²) in [6.07, 6.45) is 7.89. The summed E-state index contributed by atoms with van der Waals surface area (Å²) in [4.78, 5) is 29.0. The van der Waals surface area contributed by atoms with E-state index < -0.39 is 0 Å². The van der Waals surface area contributed by atoms with Crippen LogP contribution in [-0.2, 0) is 9.59 Å². The number of hydrogen-bond acceptors (Lipinski definition) is 3. The van der Waals surface area contributed by atoms with Crippen LogP contribution in [-0.4, -0.2) is 48.9 Å². The fourth-order valence-electron chi connectivity index (χ4n) is 2.97. The highest BCUT2D eigenvalue weighted by atomic mass is 16.2. The average molecular weight is 294 g/mol. The van der Waals surface area contributed by atoms with E-state index in [4.69, 9.17) is 0 Å². The molecule has 1 saturated carbocycles. The molecule has 21 heavy (non-hydrogen) atoms. The molecule has 1 aliphatic heterocycles. The molecule has 6 nitrogen and oxygen atoms in total. The predicted molar refractivity (Wildman–Crippen MR) is 81.9 cm³/mol. The standard InChI is InChI=1S/C15H26N4O2/c1-16-15(18-12-6-3-2-4-7-12)17-10-11-19-13(20)8-5-9-14(19)21/h12H,2-11H2,1H3,(H2,16,17,18). The third-order valence-electron chi connectivity index (χ3n) is 4.18. The van der Waals surface area contributed by atoms with E-state index in [9.17, 15) is 9.59 Å². The van der Waals surface area contributed by atoms with Gasteiger partial charge < -0.3 is 10.6 Å². The van der Waals surface area contributed by atoms with Gasteiger partial charge in [-0.3, -0.25) is 19.5 Å². The molecule has 1 saturated heterocycles. The molecule has 0 aromatic carbocycles. The van der Waals surface area contributed by atoms with E-state index in [0.717, 1.165) is 5.96 Å². The van der Waals surface area contributed by atoms with Crippen molar-refractivity contribution in [2.45, 2.75) is 57.4 Å². The van der Waals surface area contributed by atoms with Crippen LogP contribution in [0.1, 0.15) is 51.4 Å². The number of nitrogens with one attached hydrogen (secondary N) is 2. The minimum Gasteiger partial charge on any atom is -0.355 e. The van der Waals surface area contributed by atoms with E-state index >= 15 is 0 Å². The van der Waals surface area contributed by atoms with Crippen LogP contribution >= 0.6 is 0 Å². The second kappa shape index (κ2) is 8.00. The topological polar surface area (TPSA) is 73.8 Å². The van der Waals surface area contributed by atoms with Crippen molar-refractivity contribution in [1.29, 1.82) is 0 Å². The predicted octanol–water partition coefficient (Wildman–Crippen LogP) is 1.02. The SMILES string of the molecule is CN=C(NCCN1C(=O)CCCC1=O)NC1CCCCC1. The Kier molecular flexibility index (Phi) is 6.02. The van der Waals surface area contributed by atoms with Crippen LogP contribution in [0.4, 0.5) is 0 Å². The van der Waals surface area contributed by atoms with Gasteiger partial charge in [0.2, 0.25) is 11.8 Å². The van der Waals surface area contributed by atoms with Gasteiger partial charge in [-0.2, -0.15) is 0 Å². The van der Waals surface area contributed by atoms with E-state index in [2.05, 4.69) is 15.6 Å². The van der Waals surface area contributed by atoms with E-state index in [1.54, 1.807) is 7.05 Å². The lowest BCUT2D eigenvalue weighted by atomic mass is 9.96. The summed E-state index contributed by atoms with van der Waals surface area (Å²) in [7, 11) is 1.75. The maximum atomic E-state index is 11.7. The zero-order valence-electron chi connectivity index (χ0n) is 12.9. The third-order valence-corrected chi connectivity index (χ3v) is 4.18. The van der Waals surface area contributed by atoms with Crippen LogP contribution in [0.5, 0.6) is 0 Å². The first-order valence-corrected chi connectivity index (χ1v) is 8.01. The molecule has 1 heterocycles. The minimum atomic E-state index is -0.0525. The van der Waals surface area contributed by atoms with E-state index in [1.807, 2.05) is 0 Å². The molecule has 0 unspecified atom stereocenters. The van der Waals surface area contributed by atoms with Gasteiger partial charge in [0.25, 0.3) is 0 Å². The van der Waals surface area contributed by atoms with Crippen molar-refractivity contribution in [1.82, 2.24) is 15.5 Å². The van der Waals surface area contributed by atoms with Gasteiger partial charge in [0.05, 0.1) is 0 Å². The summed E-state index contributed by atoms with van der Waals surface area (Å²) < 4.78 is 0. The van der Waals surface area contributed by atoms with E-state index in [1.165, 1.54) is 37.0 Å². The highest BCUT2D eigenvalue weighted by molar-refractivity contribution is 5.97. The average Bonchev–Trinajstić information content (AvgIpc) is 2.50. The highest BCUT2D eigenvalue weighted by Crippen LogP contribution is 2.17. The zero-order valence-corrected chi connectivity index (χ0v) is 12.9.